The van der Waals surface area contributed by atoms with E-state index in [0.29, 0.717) is 19.5 Å². The molecule has 0 bridgehead atoms. The van der Waals surface area contributed by atoms with Crippen molar-refractivity contribution in [1.29, 1.82) is 0 Å². The number of rotatable bonds is 16. The van der Waals surface area contributed by atoms with Gasteiger partial charge < -0.3 is 30.2 Å². The van der Waals surface area contributed by atoms with Gasteiger partial charge in [-0.15, -0.1) is 0 Å². The minimum atomic E-state index is -0.856. The van der Waals surface area contributed by atoms with Gasteiger partial charge in [-0.05, 0) is 42.5 Å². The Kier molecular flexibility index (Phi) is 14.3. The van der Waals surface area contributed by atoms with E-state index in [1.807, 2.05) is 74.5 Å². The number of imide groups is 1. The summed E-state index contributed by atoms with van der Waals surface area (Å²) in [6.07, 6.45) is 0.0638. The molecule has 0 radical (unpaired) electrons. The highest BCUT2D eigenvalue weighted by Gasteiger charge is 2.27. The van der Waals surface area contributed by atoms with Crippen molar-refractivity contribution in [2.75, 3.05) is 19.6 Å². The molecular weight excluding hydrogens is 500 g/mol. The van der Waals surface area contributed by atoms with Crippen LogP contribution in [-0.4, -0.2) is 56.1 Å². The topological polar surface area (TPSA) is 135 Å². The second-order valence-corrected chi connectivity index (χ2v) is 9.62. The lowest BCUT2D eigenvalue weighted by atomic mass is 10.0. The van der Waals surface area contributed by atoms with E-state index in [4.69, 9.17) is 9.47 Å². The van der Waals surface area contributed by atoms with Gasteiger partial charge in [0.2, 0.25) is 5.91 Å². The van der Waals surface area contributed by atoms with Crippen molar-refractivity contribution in [3.63, 3.8) is 0 Å². The Morgan fingerprint density at radius 1 is 0.795 bits per heavy atom. The summed E-state index contributed by atoms with van der Waals surface area (Å²) in [6, 6.07) is 17.4. The number of aldehydes is 1. The van der Waals surface area contributed by atoms with Crippen molar-refractivity contribution >= 4 is 24.4 Å². The first-order valence-electron chi connectivity index (χ1n) is 13.2. The molecule has 4 N–H and O–H groups in total. The average Bonchev–Trinajstić information content (AvgIpc) is 2.94. The van der Waals surface area contributed by atoms with Crippen LogP contribution in [0, 0.1) is 11.8 Å². The molecule has 3 atom stereocenters. The summed E-state index contributed by atoms with van der Waals surface area (Å²) < 4.78 is 10.4. The summed E-state index contributed by atoms with van der Waals surface area (Å²) >= 11 is 0. The van der Waals surface area contributed by atoms with Gasteiger partial charge in [0.15, 0.2) is 0 Å². The summed E-state index contributed by atoms with van der Waals surface area (Å²) in [7, 11) is 0. The summed E-state index contributed by atoms with van der Waals surface area (Å²) in [5, 5.41) is 11.3. The number of hydrogen-bond donors (Lipinski definition) is 4. The van der Waals surface area contributed by atoms with Gasteiger partial charge in [-0.25, -0.2) is 9.59 Å². The third-order valence-corrected chi connectivity index (χ3v) is 6.03. The van der Waals surface area contributed by atoms with E-state index >= 15 is 0 Å². The van der Waals surface area contributed by atoms with E-state index in [1.54, 1.807) is 6.92 Å². The predicted octanol–water partition coefficient (Wildman–Crippen LogP) is 3.16. The third kappa shape index (κ3) is 12.6. The van der Waals surface area contributed by atoms with Crippen LogP contribution in [0.2, 0.25) is 0 Å². The molecule has 0 aliphatic rings. The number of benzene rings is 2. The molecule has 0 saturated carbocycles. The molecule has 10 nitrogen and oxygen atoms in total. The van der Waals surface area contributed by atoms with E-state index in [0.717, 1.165) is 17.4 Å². The fraction of sp³-hybridized carbons (Fsp3) is 0.448. The Morgan fingerprint density at radius 2 is 1.33 bits per heavy atom. The molecule has 0 saturated heterocycles. The van der Waals surface area contributed by atoms with Crippen molar-refractivity contribution in [3.8, 4) is 0 Å². The highest BCUT2D eigenvalue weighted by atomic mass is 16.6. The van der Waals surface area contributed by atoms with Gasteiger partial charge in [-0.1, -0.05) is 81.4 Å². The van der Waals surface area contributed by atoms with Gasteiger partial charge in [0.25, 0.3) is 0 Å². The van der Waals surface area contributed by atoms with E-state index in [2.05, 4.69) is 21.3 Å². The molecule has 0 aliphatic carbocycles. The maximum Gasteiger partial charge on any atom is 0.414 e. The van der Waals surface area contributed by atoms with Crippen LogP contribution in [0.4, 0.5) is 9.59 Å². The SMILES string of the molecule is CC(CNC(=O)OCc1ccccc1)[C@H](NCCCN[C@H](C=O)C(C)C)C(=O)NC(=O)OCc1ccccc1. The zero-order valence-corrected chi connectivity index (χ0v) is 22.9. The lowest BCUT2D eigenvalue weighted by molar-refractivity contribution is -0.123. The van der Waals surface area contributed by atoms with Crippen LogP contribution < -0.4 is 21.3 Å². The molecule has 0 spiro atoms. The fourth-order valence-corrected chi connectivity index (χ4v) is 3.68. The van der Waals surface area contributed by atoms with Crippen molar-refractivity contribution in [3.05, 3.63) is 71.8 Å². The molecule has 3 amide bonds. The molecule has 0 heterocycles. The monoisotopic (exact) mass is 540 g/mol. The average molecular weight is 541 g/mol. The number of alkyl carbamates (subject to hydrolysis) is 2. The first-order chi connectivity index (χ1) is 18.8. The smallest absolute Gasteiger partial charge is 0.414 e. The highest BCUT2D eigenvalue weighted by Crippen LogP contribution is 2.06. The number of amides is 3. The minimum Gasteiger partial charge on any atom is -0.445 e. The Labute approximate surface area is 230 Å². The van der Waals surface area contributed by atoms with Crippen LogP contribution in [-0.2, 0) is 32.3 Å². The normalized spacial score (nSPS) is 13.1. The molecular formula is C29H40N4O6. The van der Waals surface area contributed by atoms with Crippen molar-refractivity contribution < 1.29 is 28.7 Å². The van der Waals surface area contributed by atoms with E-state index < -0.39 is 24.1 Å². The lowest BCUT2D eigenvalue weighted by Gasteiger charge is -2.24. The molecule has 212 valence electrons. The number of carbonyl (C=O) groups excluding carboxylic acids is 4. The summed E-state index contributed by atoms with van der Waals surface area (Å²) in [5.41, 5.74) is 1.65. The third-order valence-electron chi connectivity index (χ3n) is 6.03. The van der Waals surface area contributed by atoms with Crippen LogP contribution in [0.5, 0.6) is 0 Å². The molecule has 39 heavy (non-hydrogen) atoms. The Hall–Kier alpha value is -3.76. The van der Waals surface area contributed by atoms with Crippen molar-refractivity contribution in [1.82, 2.24) is 21.3 Å². The van der Waals surface area contributed by atoms with Crippen LogP contribution in [0.15, 0.2) is 60.7 Å². The van der Waals surface area contributed by atoms with Crippen LogP contribution >= 0.6 is 0 Å². The molecule has 2 rings (SSSR count). The molecule has 0 fully saturated rings. The van der Waals surface area contributed by atoms with Gasteiger partial charge in [-0.3, -0.25) is 10.1 Å². The van der Waals surface area contributed by atoms with E-state index in [-0.39, 0.29) is 37.6 Å². The molecule has 2 aromatic rings. The first kappa shape index (κ1) is 31.5. The van der Waals surface area contributed by atoms with Crippen LogP contribution in [0.3, 0.4) is 0 Å². The van der Waals surface area contributed by atoms with Crippen LogP contribution in [0.25, 0.3) is 0 Å². The fourth-order valence-electron chi connectivity index (χ4n) is 3.68. The van der Waals surface area contributed by atoms with Gasteiger partial charge in [0, 0.05) is 6.54 Å². The first-order valence-corrected chi connectivity index (χ1v) is 13.2. The van der Waals surface area contributed by atoms with Gasteiger partial charge in [0.1, 0.15) is 19.5 Å². The van der Waals surface area contributed by atoms with E-state index in [1.165, 1.54) is 0 Å². The van der Waals surface area contributed by atoms with E-state index in [9.17, 15) is 19.2 Å². The Morgan fingerprint density at radius 3 is 1.87 bits per heavy atom. The van der Waals surface area contributed by atoms with Gasteiger partial charge >= 0.3 is 12.2 Å². The second-order valence-electron chi connectivity index (χ2n) is 9.62. The largest absolute Gasteiger partial charge is 0.445 e. The summed E-state index contributed by atoms with van der Waals surface area (Å²) in [5.74, 6) is -0.785. The Bertz CT molecular complexity index is 1020. The zero-order valence-electron chi connectivity index (χ0n) is 22.9. The summed E-state index contributed by atoms with van der Waals surface area (Å²) in [6.45, 7) is 7.00. The maximum absolute atomic E-state index is 13.0. The molecule has 10 heteroatoms. The Balaban J connectivity index is 1.88. The van der Waals surface area contributed by atoms with Crippen molar-refractivity contribution in [2.45, 2.75) is 52.5 Å². The quantitative estimate of drug-likeness (QED) is 0.188. The van der Waals surface area contributed by atoms with Gasteiger partial charge in [0.05, 0.1) is 12.1 Å². The molecule has 1 unspecified atom stereocenters. The standard InChI is InChI=1S/C29H40N4O6/c1-21(2)25(18-34)30-15-10-16-31-26(27(35)33-29(37)39-20-24-13-8-5-9-14-24)22(3)17-32-28(36)38-19-23-11-6-4-7-12-23/h4-9,11-14,18,21-22,25-26,30-31H,10,15-17,19-20H2,1-3H3,(H,32,36)(H,33,35,37)/t22?,25-,26+/m1/s1. The minimum absolute atomic E-state index is 0.0296. The van der Waals surface area contributed by atoms with Crippen LogP contribution in [0.1, 0.15) is 38.3 Å². The number of carbonyl (C=O) groups is 4. The predicted molar refractivity (Wildman–Crippen MR) is 148 cm³/mol. The number of nitrogens with one attached hydrogen (secondary N) is 4. The molecule has 0 aliphatic heterocycles. The van der Waals surface area contributed by atoms with Gasteiger partial charge in [-0.2, -0.15) is 0 Å². The highest BCUT2D eigenvalue weighted by molar-refractivity contribution is 5.95. The number of hydrogen-bond acceptors (Lipinski definition) is 8. The molecule has 0 aromatic heterocycles. The lowest BCUT2D eigenvalue weighted by Crippen LogP contribution is -2.52. The second kappa shape index (κ2) is 17.7. The summed E-state index contributed by atoms with van der Waals surface area (Å²) in [4.78, 5) is 48.6. The zero-order chi connectivity index (χ0) is 28.5. The molecule has 2 aromatic carbocycles. The van der Waals surface area contributed by atoms with Crippen molar-refractivity contribution in [2.24, 2.45) is 11.8 Å². The number of ether oxygens (including phenoxy) is 2. The maximum atomic E-state index is 13.0.